The molecule has 0 fully saturated rings. The molecule has 0 unspecified atom stereocenters. The van der Waals surface area contributed by atoms with Gasteiger partial charge in [0.05, 0.1) is 0 Å². The van der Waals surface area contributed by atoms with E-state index in [2.05, 4.69) is 0 Å². The highest BCUT2D eigenvalue weighted by Gasteiger charge is 2.04. The second kappa shape index (κ2) is 6.01. The van der Waals surface area contributed by atoms with Gasteiger partial charge in [-0.05, 0) is 30.5 Å². The van der Waals surface area contributed by atoms with Crippen molar-refractivity contribution in [2.45, 2.75) is 19.3 Å². The Morgan fingerprint density at radius 3 is 2.28 bits per heavy atom. The van der Waals surface area contributed by atoms with Crippen molar-refractivity contribution >= 4 is 11.5 Å². The molecule has 2 heteroatoms. The number of ketones is 1. The quantitative estimate of drug-likeness (QED) is 0.641. The molecular weight excluding hydrogens is 222 g/mol. The highest BCUT2D eigenvalue weighted by Crippen LogP contribution is 2.11. The van der Waals surface area contributed by atoms with Gasteiger partial charge in [0.25, 0.3) is 0 Å². The Morgan fingerprint density at radius 2 is 1.61 bits per heavy atom. The summed E-state index contributed by atoms with van der Waals surface area (Å²) in [6.45, 7) is 0. The number of rotatable bonds is 5. The van der Waals surface area contributed by atoms with E-state index in [1.54, 1.807) is 0 Å². The minimum atomic E-state index is 0.214. The molecule has 2 aromatic rings. The Morgan fingerprint density at radius 1 is 0.944 bits per heavy atom. The molecule has 2 nitrogen and oxygen atoms in total. The van der Waals surface area contributed by atoms with Gasteiger partial charge in [-0.25, -0.2) is 0 Å². The minimum absolute atomic E-state index is 0.214. The molecule has 0 aromatic heterocycles. The lowest BCUT2D eigenvalue weighted by Gasteiger charge is -2.02. The molecule has 0 saturated carbocycles. The van der Waals surface area contributed by atoms with Crippen molar-refractivity contribution in [2.75, 3.05) is 5.73 Å². The predicted molar refractivity (Wildman–Crippen MR) is 74.6 cm³/mol. The Bertz CT molecular complexity index is 502. The van der Waals surface area contributed by atoms with Crippen molar-refractivity contribution in [1.82, 2.24) is 0 Å². The lowest BCUT2D eigenvalue weighted by molar-refractivity contribution is 0.0980. The van der Waals surface area contributed by atoms with Crippen molar-refractivity contribution in [3.05, 3.63) is 65.7 Å². The average molecular weight is 239 g/mol. The van der Waals surface area contributed by atoms with Crippen LogP contribution in [0.25, 0.3) is 0 Å². The molecular formula is C16H17NO. The van der Waals surface area contributed by atoms with Gasteiger partial charge in [0, 0.05) is 17.7 Å². The molecule has 0 spiro atoms. The van der Waals surface area contributed by atoms with Crippen LogP contribution >= 0.6 is 0 Å². The van der Waals surface area contributed by atoms with Crippen molar-refractivity contribution in [2.24, 2.45) is 0 Å². The molecule has 0 bridgehead atoms. The number of carbonyl (C=O) groups excluding carboxylic acids is 1. The first-order chi connectivity index (χ1) is 8.75. The van der Waals surface area contributed by atoms with Gasteiger partial charge in [-0.2, -0.15) is 0 Å². The molecule has 0 aliphatic carbocycles. The summed E-state index contributed by atoms with van der Waals surface area (Å²) >= 11 is 0. The standard InChI is InChI=1S/C16H17NO/c17-15-11-9-13(10-12-15)5-4-8-16(18)14-6-2-1-3-7-14/h1-3,6-7,9-12H,4-5,8,17H2. The van der Waals surface area contributed by atoms with Crippen LogP contribution in [0, 0.1) is 0 Å². The molecule has 92 valence electrons. The summed E-state index contributed by atoms with van der Waals surface area (Å²) < 4.78 is 0. The molecule has 0 radical (unpaired) electrons. The van der Waals surface area contributed by atoms with Crippen LogP contribution in [0.15, 0.2) is 54.6 Å². The van der Waals surface area contributed by atoms with E-state index in [1.165, 1.54) is 5.56 Å². The summed E-state index contributed by atoms with van der Waals surface area (Å²) in [6, 6.07) is 17.3. The molecule has 0 aliphatic heterocycles. The molecule has 18 heavy (non-hydrogen) atoms. The normalized spacial score (nSPS) is 10.2. The SMILES string of the molecule is Nc1ccc(CCCC(=O)c2ccccc2)cc1. The van der Waals surface area contributed by atoms with E-state index in [0.29, 0.717) is 6.42 Å². The van der Waals surface area contributed by atoms with Gasteiger partial charge in [0.1, 0.15) is 0 Å². The predicted octanol–water partition coefficient (Wildman–Crippen LogP) is 3.47. The number of nitrogens with two attached hydrogens (primary N) is 1. The van der Waals surface area contributed by atoms with E-state index in [-0.39, 0.29) is 5.78 Å². The molecule has 2 N–H and O–H groups in total. The van der Waals surface area contributed by atoms with Crippen molar-refractivity contribution in [1.29, 1.82) is 0 Å². The largest absolute Gasteiger partial charge is 0.399 e. The number of benzene rings is 2. The highest BCUT2D eigenvalue weighted by atomic mass is 16.1. The Kier molecular flexibility index (Phi) is 4.13. The molecule has 0 heterocycles. The second-order valence-electron chi connectivity index (χ2n) is 4.38. The fraction of sp³-hybridized carbons (Fsp3) is 0.188. The van der Waals surface area contributed by atoms with Crippen LogP contribution in [0.4, 0.5) is 5.69 Å². The first-order valence-electron chi connectivity index (χ1n) is 6.18. The maximum absolute atomic E-state index is 11.9. The maximum Gasteiger partial charge on any atom is 0.162 e. The van der Waals surface area contributed by atoms with E-state index in [9.17, 15) is 4.79 Å². The smallest absolute Gasteiger partial charge is 0.162 e. The Hall–Kier alpha value is -2.09. The third kappa shape index (κ3) is 3.45. The number of anilines is 1. The topological polar surface area (TPSA) is 43.1 Å². The Balaban J connectivity index is 1.82. The van der Waals surface area contributed by atoms with Gasteiger partial charge in [0.2, 0.25) is 0 Å². The van der Waals surface area contributed by atoms with Gasteiger partial charge in [0.15, 0.2) is 5.78 Å². The molecule has 2 rings (SSSR count). The number of hydrogen-bond donors (Lipinski definition) is 1. The minimum Gasteiger partial charge on any atom is -0.399 e. The lowest BCUT2D eigenvalue weighted by atomic mass is 10.0. The van der Waals surface area contributed by atoms with Crippen molar-refractivity contribution in [3.63, 3.8) is 0 Å². The van der Waals surface area contributed by atoms with E-state index in [0.717, 1.165) is 24.1 Å². The number of nitrogen functional groups attached to an aromatic ring is 1. The van der Waals surface area contributed by atoms with Crippen LogP contribution < -0.4 is 5.73 Å². The van der Waals surface area contributed by atoms with Crippen LogP contribution in [-0.4, -0.2) is 5.78 Å². The van der Waals surface area contributed by atoms with Crippen LogP contribution in [0.5, 0.6) is 0 Å². The zero-order valence-electron chi connectivity index (χ0n) is 10.3. The number of aryl methyl sites for hydroxylation is 1. The zero-order chi connectivity index (χ0) is 12.8. The molecule has 0 aliphatic rings. The fourth-order valence-corrected chi connectivity index (χ4v) is 1.91. The number of carbonyl (C=O) groups is 1. The second-order valence-corrected chi connectivity index (χ2v) is 4.38. The van der Waals surface area contributed by atoms with E-state index >= 15 is 0 Å². The van der Waals surface area contributed by atoms with Crippen LogP contribution in [0.3, 0.4) is 0 Å². The monoisotopic (exact) mass is 239 g/mol. The summed E-state index contributed by atoms with van der Waals surface area (Å²) in [5.74, 6) is 0.214. The third-order valence-corrected chi connectivity index (χ3v) is 2.94. The van der Waals surface area contributed by atoms with E-state index in [1.807, 2.05) is 54.6 Å². The summed E-state index contributed by atoms with van der Waals surface area (Å²) in [5, 5.41) is 0. The zero-order valence-corrected chi connectivity index (χ0v) is 10.3. The molecule has 2 aromatic carbocycles. The van der Waals surface area contributed by atoms with Crippen molar-refractivity contribution in [3.8, 4) is 0 Å². The average Bonchev–Trinajstić information content (AvgIpc) is 2.42. The van der Waals surface area contributed by atoms with Gasteiger partial charge in [-0.15, -0.1) is 0 Å². The lowest BCUT2D eigenvalue weighted by Crippen LogP contribution is -1.99. The van der Waals surface area contributed by atoms with E-state index in [4.69, 9.17) is 5.73 Å². The fourth-order valence-electron chi connectivity index (χ4n) is 1.91. The van der Waals surface area contributed by atoms with Gasteiger partial charge in [-0.3, -0.25) is 4.79 Å². The molecule has 0 saturated heterocycles. The molecule has 0 atom stereocenters. The van der Waals surface area contributed by atoms with Crippen LogP contribution in [0.1, 0.15) is 28.8 Å². The summed E-state index contributed by atoms with van der Waals surface area (Å²) in [5.41, 5.74) is 8.43. The maximum atomic E-state index is 11.9. The third-order valence-electron chi connectivity index (χ3n) is 2.94. The highest BCUT2D eigenvalue weighted by molar-refractivity contribution is 5.95. The summed E-state index contributed by atoms with van der Waals surface area (Å²) in [4.78, 5) is 11.9. The Labute approximate surface area is 107 Å². The number of hydrogen-bond acceptors (Lipinski definition) is 2. The van der Waals surface area contributed by atoms with Crippen LogP contribution in [0.2, 0.25) is 0 Å². The number of Topliss-reactive ketones (excluding diaryl/α,β-unsaturated/α-hetero) is 1. The first-order valence-corrected chi connectivity index (χ1v) is 6.18. The van der Waals surface area contributed by atoms with Gasteiger partial charge in [-0.1, -0.05) is 42.5 Å². The first kappa shape index (κ1) is 12.4. The van der Waals surface area contributed by atoms with Gasteiger partial charge >= 0.3 is 0 Å². The van der Waals surface area contributed by atoms with Crippen molar-refractivity contribution < 1.29 is 4.79 Å². The van der Waals surface area contributed by atoms with Crippen LogP contribution in [-0.2, 0) is 6.42 Å². The van der Waals surface area contributed by atoms with Gasteiger partial charge < -0.3 is 5.73 Å². The molecule has 0 amide bonds. The summed E-state index contributed by atoms with van der Waals surface area (Å²) in [6.07, 6.45) is 2.38. The summed E-state index contributed by atoms with van der Waals surface area (Å²) in [7, 11) is 0. The van der Waals surface area contributed by atoms with E-state index < -0.39 is 0 Å².